The molecule has 0 spiro atoms. The Morgan fingerprint density at radius 2 is 1.81 bits per heavy atom. The highest BCUT2D eigenvalue weighted by molar-refractivity contribution is 6.29. The smallest absolute Gasteiger partial charge is 0.359 e. The average Bonchev–Trinajstić information content (AvgIpc) is 3.37. The van der Waals surface area contributed by atoms with Crippen molar-refractivity contribution in [3.8, 4) is 23.1 Å². The fourth-order valence-corrected chi connectivity index (χ4v) is 4.57. The van der Waals surface area contributed by atoms with Gasteiger partial charge in [0, 0.05) is 25.0 Å². The summed E-state index contributed by atoms with van der Waals surface area (Å²) in [7, 11) is 1.65. The Labute approximate surface area is 246 Å². The van der Waals surface area contributed by atoms with Crippen molar-refractivity contribution in [2.75, 3.05) is 5.32 Å². The fraction of sp³-hybridized carbons (Fsp3) is 0.310. The van der Waals surface area contributed by atoms with E-state index in [0.29, 0.717) is 33.8 Å². The maximum absolute atomic E-state index is 13.6. The first kappa shape index (κ1) is 28.8. The molecular formula is C29H29ClN8O4. The van der Waals surface area contributed by atoms with Crippen LogP contribution in [0.5, 0.6) is 0 Å². The first-order chi connectivity index (χ1) is 19.8. The lowest BCUT2D eigenvalue weighted by Crippen LogP contribution is -2.25. The predicted octanol–water partition coefficient (Wildman–Crippen LogP) is 5.23. The monoisotopic (exact) mass is 588 g/mol. The summed E-state index contributed by atoms with van der Waals surface area (Å²) in [6.07, 6.45) is 3.11. The summed E-state index contributed by atoms with van der Waals surface area (Å²) in [5.41, 5.74) is 2.18. The number of benzene rings is 1. The minimum Gasteiger partial charge on any atom is -0.455 e. The number of halogens is 1. The molecule has 13 heteroatoms. The number of rotatable bonds is 6. The van der Waals surface area contributed by atoms with Crippen LogP contribution in [0.4, 0.5) is 5.69 Å². The molecule has 1 N–H and O–H groups in total. The van der Waals surface area contributed by atoms with Gasteiger partial charge in [0.1, 0.15) is 16.6 Å². The SMILES string of the molecule is Cc1cc([C@@H](C)Nc2ccc(Cl)nc2C(=O)OC(C)(C)C)c2nc(-c3cnc(-c4nc(C)no4)nc3)n(C)c(=O)c2c1. The molecule has 4 heterocycles. The van der Waals surface area contributed by atoms with E-state index >= 15 is 0 Å². The molecule has 0 fully saturated rings. The van der Waals surface area contributed by atoms with Crippen LogP contribution in [0.15, 0.2) is 46.0 Å². The predicted molar refractivity (Wildman–Crippen MR) is 157 cm³/mol. The molecule has 0 unspecified atom stereocenters. The van der Waals surface area contributed by atoms with E-state index < -0.39 is 17.6 Å². The van der Waals surface area contributed by atoms with Crippen LogP contribution >= 0.6 is 11.6 Å². The van der Waals surface area contributed by atoms with E-state index in [1.807, 2.05) is 19.9 Å². The summed E-state index contributed by atoms with van der Waals surface area (Å²) in [5, 5.41) is 7.72. The normalized spacial score (nSPS) is 12.4. The van der Waals surface area contributed by atoms with Crippen LogP contribution in [0.2, 0.25) is 5.15 Å². The lowest BCUT2D eigenvalue weighted by molar-refractivity contribution is 0.00640. The van der Waals surface area contributed by atoms with Crippen LogP contribution < -0.4 is 10.9 Å². The number of pyridine rings is 1. The molecule has 0 aliphatic carbocycles. The number of esters is 1. The van der Waals surface area contributed by atoms with Gasteiger partial charge in [-0.05, 0) is 65.3 Å². The van der Waals surface area contributed by atoms with Gasteiger partial charge in [-0.25, -0.2) is 24.7 Å². The molecule has 5 rings (SSSR count). The zero-order chi connectivity index (χ0) is 30.3. The van der Waals surface area contributed by atoms with Crippen molar-refractivity contribution >= 4 is 34.2 Å². The van der Waals surface area contributed by atoms with E-state index in [-0.39, 0.29) is 28.1 Å². The van der Waals surface area contributed by atoms with Crippen molar-refractivity contribution in [3.05, 3.63) is 74.8 Å². The lowest BCUT2D eigenvalue weighted by atomic mass is 10.0. The molecule has 0 bridgehead atoms. The second kappa shape index (κ2) is 10.9. The van der Waals surface area contributed by atoms with Crippen molar-refractivity contribution in [2.45, 2.75) is 53.2 Å². The third kappa shape index (κ3) is 5.84. The minimum atomic E-state index is -0.719. The molecule has 12 nitrogen and oxygen atoms in total. The number of aryl methyl sites for hydroxylation is 2. The summed E-state index contributed by atoms with van der Waals surface area (Å²) < 4.78 is 12.2. The number of anilines is 1. The molecule has 42 heavy (non-hydrogen) atoms. The van der Waals surface area contributed by atoms with Crippen molar-refractivity contribution in [3.63, 3.8) is 0 Å². The number of fused-ring (bicyclic) bond motifs is 1. The molecule has 0 aliphatic heterocycles. The van der Waals surface area contributed by atoms with Gasteiger partial charge in [0.2, 0.25) is 5.82 Å². The number of aromatic nitrogens is 7. The van der Waals surface area contributed by atoms with Gasteiger partial charge in [-0.2, -0.15) is 4.98 Å². The van der Waals surface area contributed by atoms with E-state index in [9.17, 15) is 9.59 Å². The third-order valence-corrected chi connectivity index (χ3v) is 6.49. The Kier molecular flexibility index (Phi) is 7.50. The van der Waals surface area contributed by atoms with E-state index in [1.165, 1.54) is 4.57 Å². The number of hydrogen-bond donors (Lipinski definition) is 1. The van der Waals surface area contributed by atoms with Crippen molar-refractivity contribution in [1.29, 1.82) is 0 Å². The largest absolute Gasteiger partial charge is 0.455 e. The molecule has 1 atom stereocenters. The highest BCUT2D eigenvalue weighted by Crippen LogP contribution is 2.30. The first-order valence-electron chi connectivity index (χ1n) is 13.1. The Balaban J connectivity index is 1.56. The highest BCUT2D eigenvalue weighted by atomic mass is 35.5. The maximum Gasteiger partial charge on any atom is 0.359 e. The van der Waals surface area contributed by atoms with Gasteiger partial charge < -0.3 is 14.6 Å². The van der Waals surface area contributed by atoms with Crippen molar-refractivity contribution < 1.29 is 14.1 Å². The Hall–Kier alpha value is -4.71. The fourth-order valence-electron chi connectivity index (χ4n) is 4.43. The van der Waals surface area contributed by atoms with Gasteiger partial charge >= 0.3 is 5.97 Å². The number of carbonyl (C=O) groups excluding carboxylic acids is 1. The molecule has 0 saturated heterocycles. The number of hydrogen-bond acceptors (Lipinski definition) is 11. The van der Waals surface area contributed by atoms with Gasteiger partial charge in [0.25, 0.3) is 11.4 Å². The van der Waals surface area contributed by atoms with Crippen molar-refractivity contribution in [2.24, 2.45) is 7.05 Å². The van der Waals surface area contributed by atoms with Crippen LogP contribution in [0.1, 0.15) is 61.2 Å². The molecule has 216 valence electrons. The van der Waals surface area contributed by atoms with Gasteiger partial charge in [-0.15, -0.1) is 0 Å². The van der Waals surface area contributed by atoms with Crippen LogP contribution in [0.25, 0.3) is 34.0 Å². The molecule has 0 saturated carbocycles. The molecular weight excluding hydrogens is 560 g/mol. The maximum atomic E-state index is 13.6. The number of nitrogens with one attached hydrogen (secondary N) is 1. The van der Waals surface area contributed by atoms with E-state index in [1.54, 1.807) is 65.3 Å². The van der Waals surface area contributed by atoms with E-state index in [4.69, 9.17) is 25.8 Å². The molecule has 4 aromatic heterocycles. The van der Waals surface area contributed by atoms with Gasteiger partial charge in [0.15, 0.2) is 11.5 Å². The van der Waals surface area contributed by atoms with Crippen LogP contribution in [-0.4, -0.2) is 46.2 Å². The van der Waals surface area contributed by atoms with Crippen LogP contribution in [0, 0.1) is 13.8 Å². The zero-order valence-electron chi connectivity index (χ0n) is 24.2. The minimum absolute atomic E-state index is 0.0551. The van der Waals surface area contributed by atoms with E-state index in [2.05, 4.69) is 30.4 Å². The average molecular weight is 589 g/mol. The summed E-state index contributed by atoms with van der Waals surface area (Å²) in [6.45, 7) is 10.8. The Morgan fingerprint density at radius 3 is 2.45 bits per heavy atom. The second-order valence-corrected chi connectivity index (χ2v) is 11.3. The highest BCUT2D eigenvalue weighted by Gasteiger charge is 2.24. The first-order valence-corrected chi connectivity index (χ1v) is 13.5. The molecule has 0 radical (unpaired) electrons. The summed E-state index contributed by atoms with van der Waals surface area (Å²) in [4.78, 5) is 48.5. The summed E-state index contributed by atoms with van der Waals surface area (Å²) in [5.74, 6) is 0.688. The number of carbonyl (C=O) groups is 1. The quantitative estimate of drug-likeness (QED) is 0.205. The van der Waals surface area contributed by atoms with Gasteiger partial charge in [0.05, 0.1) is 28.2 Å². The van der Waals surface area contributed by atoms with Gasteiger partial charge in [-0.3, -0.25) is 9.36 Å². The standard InChI is InChI=1S/C29H29ClN8O4/c1-14-10-18(15(2)33-20-8-9-21(30)35-23(20)28(40)41-29(4,5)6)22-19(11-14)27(39)38(7)25(36-22)17-12-31-24(32-13-17)26-34-16(3)37-42-26/h8-13,15,33H,1-7H3/t15-/m1/s1. The lowest BCUT2D eigenvalue weighted by Gasteiger charge is -2.22. The summed E-state index contributed by atoms with van der Waals surface area (Å²) in [6, 6.07) is 6.61. The molecule has 1 aromatic carbocycles. The summed E-state index contributed by atoms with van der Waals surface area (Å²) >= 11 is 6.12. The number of ether oxygens (including phenoxy) is 1. The molecule has 0 amide bonds. The topological polar surface area (TPSA) is 151 Å². The van der Waals surface area contributed by atoms with Crippen molar-refractivity contribution in [1.82, 2.24) is 34.6 Å². The van der Waals surface area contributed by atoms with Crippen LogP contribution in [-0.2, 0) is 11.8 Å². The second-order valence-electron chi connectivity index (χ2n) is 10.9. The molecule has 5 aromatic rings. The zero-order valence-corrected chi connectivity index (χ0v) is 24.9. The third-order valence-electron chi connectivity index (χ3n) is 6.28. The number of nitrogens with zero attached hydrogens (tertiary/aromatic N) is 7. The van der Waals surface area contributed by atoms with Gasteiger partial charge in [-0.1, -0.05) is 22.8 Å². The molecule has 0 aliphatic rings. The Bertz CT molecular complexity index is 1880. The van der Waals surface area contributed by atoms with Crippen LogP contribution in [0.3, 0.4) is 0 Å². The Morgan fingerprint density at radius 1 is 1.10 bits per heavy atom. The van der Waals surface area contributed by atoms with E-state index in [0.717, 1.165) is 11.1 Å².